The Bertz CT molecular complexity index is 477. The number of anilines is 1. The lowest BCUT2D eigenvalue weighted by Gasteiger charge is -2.35. The highest BCUT2D eigenvalue weighted by molar-refractivity contribution is 6.31. The number of hydrogen-bond donors (Lipinski definition) is 1. The molecule has 0 radical (unpaired) electrons. The van der Waals surface area contributed by atoms with E-state index in [-0.39, 0.29) is 11.9 Å². The summed E-state index contributed by atoms with van der Waals surface area (Å²) in [7, 11) is 0. The van der Waals surface area contributed by atoms with Gasteiger partial charge in [-0.1, -0.05) is 18.5 Å². The molecular formula is C12H17ClN4O. The van der Waals surface area contributed by atoms with Gasteiger partial charge in [0, 0.05) is 13.1 Å². The second kappa shape index (κ2) is 5.10. The Balaban J connectivity index is 2.40. The molecular weight excluding hydrogens is 252 g/mol. The smallest absolute Gasteiger partial charge is 0.242 e. The van der Waals surface area contributed by atoms with E-state index >= 15 is 0 Å². The van der Waals surface area contributed by atoms with Crippen LogP contribution in [0.1, 0.15) is 24.7 Å². The number of hydrogen-bond acceptors (Lipinski definition) is 4. The minimum absolute atomic E-state index is 0.0276. The van der Waals surface area contributed by atoms with Crippen molar-refractivity contribution in [3.63, 3.8) is 0 Å². The van der Waals surface area contributed by atoms with Crippen molar-refractivity contribution in [2.24, 2.45) is 0 Å². The van der Waals surface area contributed by atoms with E-state index in [1.54, 1.807) is 0 Å². The van der Waals surface area contributed by atoms with E-state index in [2.05, 4.69) is 15.3 Å². The lowest BCUT2D eigenvalue weighted by atomic mass is 10.1. The fraction of sp³-hybridized carbons (Fsp3) is 0.583. The molecule has 18 heavy (non-hydrogen) atoms. The first kappa shape index (κ1) is 13.1. The number of aryl methyl sites for hydroxylation is 2. The second-order valence-corrected chi connectivity index (χ2v) is 4.78. The van der Waals surface area contributed by atoms with Gasteiger partial charge in [-0.05, 0) is 20.3 Å². The minimum atomic E-state index is -0.215. The zero-order chi connectivity index (χ0) is 13.3. The first-order valence-corrected chi connectivity index (χ1v) is 6.47. The van der Waals surface area contributed by atoms with Crippen LogP contribution in [-0.4, -0.2) is 35.0 Å². The van der Waals surface area contributed by atoms with Crippen LogP contribution in [0, 0.1) is 13.8 Å². The van der Waals surface area contributed by atoms with Gasteiger partial charge in [0.2, 0.25) is 5.91 Å². The van der Waals surface area contributed by atoms with Crippen molar-refractivity contribution < 1.29 is 4.79 Å². The van der Waals surface area contributed by atoms with Crippen molar-refractivity contribution in [2.75, 3.05) is 18.0 Å². The third-order valence-electron chi connectivity index (χ3n) is 3.24. The van der Waals surface area contributed by atoms with Gasteiger partial charge in [0.15, 0.2) is 11.0 Å². The van der Waals surface area contributed by atoms with Crippen LogP contribution in [0.5, 0.6) is 0 Å². The van der Waals surface area contributed by atoms with E-state index in [9.17, 15) is 4.79 Å². The predicted octanol–water partition coefficient (Wildman–Crippen LogP) is 1.46. The topological polar surface area (TPSA) is 58.1 Å². The summed E-state index contributed by atoms with van der Waals surface area (Å²) in [5, 5.41) is 3.22. The molecule has 1 aliphatic heterocycles. The Kier molecular flexibility index (Phi) is 3.71. The zero-order valence-electron chi connectivity index (χ0n) is 10.8. The normalized spacial score (nSPS) is 19.9. The molecule has 0 bridgehead atoms. The number of piperazine rings is 1. The molecule has 5 nitrogen and oxygen atoms in total. The van der Waals surface area contributed by atoms with Gasteiger partial charge >= 0.3 is 0 Å². The van der Waals surface area contributed by atoms with Crippen LogP contribution in [0.2, 0.25) is 5.15 Å². The SMILES string of the molecule is CCC1C(=O)NCCN1c1nc(C)c(C)nc1Cl. The molecule has 0 aliphatic carbocycles. The molecule has 1 unspecified atom stereocenters. The Labute approximate surface area is 112 Å². The van der Waals surface area contributed by atoms with Crippen molar-refractivity contribution in [1.29, 1.82) is 0 Å². The first-order chi connectivity index (χ1) is 8.54. The van der Waals surface area contributed by atoms with Gasteiger partial charge in [0.1, 0.15) is 6.04 Å². The van der Waals surface area contributed by atoms with Crippen LogP contribution in [-0.2, 0) is 4.79 Å². The summed E-state index contributed by atoms with van der Waals surface area (Å²) in [4.78, 5) is 22.5. The number of aromatic nitrogens is 2. The van der Waals surface area contributed by atoms with Gasteiger partial charge in [-0.2, -0.15) is 0 Å². The number of halogens is 1. The molecule has 98 valence electrons. The fourth-order valence-electron chi connectivity index (χ4n) is 2.12. The van der Waals surface area contributed by atoms with Gasteiger partial charge in [-0.3, -0.25) is 4.79 Å². The Morgan fingerprint density at radius 3 is 2.72 bits per heavy atom. The predicted molar refractivity (Wildman–Crippen MR) is 71.0 cm³/mol. The van der Waals surface area contributed by atoms with Crippen LogP contribution < -0.4 is 10.2 Å². The van der Waals surface area contributed by atoms with E-state index in [1.807, 2.05) is 25.7 Å². The zero-order valence-corrected chi connectivity index (χ0v) is 11.6. The number of amides is 1. The van der Waals surface area contributed by atoms with Crippen LogP contribution in [0.25, 0.3) is 0 Å². The van der Waals surface area contributed by atoms with Gasteiger partial charge < -0.3 is 10.2 Å². The van der Waals surface area contributed by atoms with E-state index in [0.29, 0.717) is 24.1 Å². The molecule has 6 heteroatoms. The lowest BCUT2D eigenvalue weighted by Crippen LogP contribution is -2.55. The third-order valence-corrected chi connectivity index (χ3v) is 3.49. The van der Waals surface area contributed by atoms with Gasteiger partial charge in [0.25, 0.3) is 0 Å². The van der Waals surface area contributed by atoms with E-state index in [0.717, 1.165) is 17.8 Å². The molecule has 0 spiro atoms. The maximum atomic E-state index is 11.8. The summed E-state index contributed by atoms with van der Waals surface area (Å²) in [5.74, 6) is 0.640. The van der Waals surface area contributed by atoms with E-state index in [1.165, 1.54) is 0 Å². The molecule has 2 heterocycles. The average Bonchev–Trinajstić information content (AvgIpc) is 2.33. The molecule has 0 saturated carbocycles. The van der Waals surface area contributed by atoms with Crippen LogP contribution in [0.4, 0.5) is 5.82 Å². The van der Waals surface area contributed by atoms with Gasteiger partial charge in [-0.25, -0.2) is 9.97 Å². The number of nitrogens with zero attached hydrogens (tertiary/aromatic N) is 3. The minimum Gasteiger partial charge on any atom is -0.353 e. The second-order valence-electron chi connectivity index (χ2n) is 4.42. The molecule has 2 rings (SSSR count). The average molecular weight is 269 g/mol. The number of carbonyl (C=O) groups excluding carboxylic acids is 1. The molecule has 1 atom stereocenters. The summed E-state index contributed by atoms with van der Waals surface area (Å²) in [6, 6.07) is -0.215. The largest absolute Gasteiger partial charge is 0.353 e. The highest BCUT2D eigenvalue weighted by atomic mass is 35.5. The maximum Gasteiger partial charge on any atom is 0.242 e. The van der Waals surface area contributed by atoms with E-state index < -0.39 is 0 Å². The van der Waals surface area contributed by atoms with Crippen molar-refractivity contribution in [1.82, 2.24) is 15.3 Å². The third kappa shape index (κ3) is 2.27. The number of rotatable bonds is 2. The molecule has 1 fully saturated rings. The van der Waals surface area contributed by atoms with Gasteiger partial charge in [0.05, 0.1) is 11.4 Å². The Hall–Kier alpha value is -1.36. The van der Waals surface area contributed by atoms with Crippen molar-refractivity contribution in [2.45, 2.75) is 33.2 Å². The van der Waals surface area contributed by atoms with Crippen LogP contribution >= 0.6 is 11.6 Å². The van der Waals surface area contributed by atoms with Crippen molar-refractivity contribution in [3.05, 3.63) is 16.5 Å². The molecule has 1 aromatic heterocycles. The van der Waals surface area contributed by atoms with Crippen LogP contribution in [0.15, 0.2) is 0 Å². The highest BCUT2D eigenvalue weighted by Crippen LogP contribution is 2.26. The molecule has 1 N–H and O–H groups in total. The summed E-state index contributed by atoms with van der Waals surface area (Å²) in [5.41, 5.74) is 1.66. The molecule has 1 aliphatic rings. The van der Waals surface area contributed by atoms with Crippen LogP contribution in [0.3, 0.4) is 0 Å². The van der Waals surface area contributed by atoms with Crippen molar-refractivity contribution in [3.8, 4) is 0 Å². The summed E-state index contributed by atoms with van der Waals surface area (Å²) in [6.45, 7) is 7.07. The summed E-state index contributed by atoms with van der Waals surface area (Å²) in [6.07, 6.45) is 0.719. The molecule has 1 saturated heterocycles. The van der Waals surface area contributed by atoms with E-state index in [4.69, 9.17) is 11.6 Å². The Morgan fingerprint density at radius 2 is 2.06 bits per heavy atom. The molecule has 1 amide bonds. The fourth-order valence-corrected chi connectivity index (χ4v) is 2.40. The maximum absolute atomic E-state index is 11.8. The Morgan fingerprint density at radius 1 is 1.39 bits per heavy atom. The molecule has 0 aromatic carbocycles. The van der Waals surface area contributed by atoms with Gasteiger partial charge in [-0.15, -0.1) is 0 Å². The summed E-state index contributed by atoms with van der Waals surface area (Å²) < 4.78 is 0. The summed E-state index contributed by atoms with van der Waals surface area (Å²) >= 11 is 6.16. The molecule has 1 aromatic rings. The first-order valence-electron chi connectivity index (χ1n) is 6.09. The van der Waals surface area contributed by atoms with Crippen molar-refractivity contribution >= 4 is 23.3 Å². The number of nitrogens with one attached hydrogen (secondary N) is 1. The monoisotopic (exact) mass is 268 g/mol. The quantitative estimate of drug-likeness (QED) is 0.882. The lowest BCUT2D eigenvalue weighted by molar-refractivity contribution is -0.123. The highest BCUT2D eigenvalue weighted by Gasteiger charge is 2.30. The number of carbonyl (C=O) groups is 1. The standard InChI is InChI=1S/C12H17ClN4O/c1-4-9-12(18)14-5-6-17(9)11-10(13)15-7(2)8(3)16-11/h9H,4-6H2,1-3H3,(H,14,18).